The summed E-state index contributed by atoms with van der Waals surface area (Å²) < 4.78 is 28.1. The van der Waals surface area contributed by atoms with Crippen LogP contribution in [0.25, 0.3) is 10.9 Å². The smallest absolute Gasteiger partial charge is 0.240 e. The molecule has 198 valence electrons. The van der Waals surface area contributed by atoms with E-state index in [0.29, 0.717) is 28.5 Å². The lowest BCUT2D eigenvalue weighted by atomic mass is 9.82. The first-order valence-corrected chi connectivity index (χ1v) is 14.9. The molecule has 5 rings (SSSR count). The van der Waals surface area contributed by atoms with Crippen molar-refractivity contribution in [3.05, 3.63) is 82.8 Å². The van der Waals surface area contributed by atoms with Gasteiger partial charge in [0.2, 0.25) is 16.0 Å². The van der Waals surface area contributed by atoms with Crippen LogP contribution in [0.4, 0.5) is 17.5 Å². The van der Waals surface area contributed by atoms with Crippen molar-refractivity contribution in [2.45, 2.75) is 30.6 Å². The Morgan fingerprint density at radius 1 is 0.789 bits per heavy atom. The summed E-state index contributed by atoms with van der Waals surface area (Å²) in [5, 5.41) is 8.40. The summed E-state index contributed by atoms with van der Waals surface area (Å²) in [6, 6.07) is 22.3. The molecule has 1 saturated carbocycles. The third kappa shape index (κ3) is 6.74. The first kappa shape index (κ1) is 26.7. The van der Waals surface area contributed by atoms with Crippen LogP contribution in [-0.4, -0.2) is 31.5 Å². The number of rotatable bonds is 9. The zero-order valence-corrected chi connectivity index (χ0v) is 23.0. The van der Waals surface area contributed by atoms with Gasteiger partial charge in [0.25, 0.3) is 0 Å². The van der Waals surface area contributed by atoms with Gasteiger partial charge in [-0.2, -0.15) is 4.98 Å². The van der Waals surface area contributed by atoms with Gasteiger partial charge in [-0.25, -0.2) is 18.1 Å². The Labute approximate surface area is 233 Å². The Morgan fingerprint density at radius 2 is 1.42 bits per heavy atom. The molecule has 1 aliphatic rings. The number of para-hydroxylation sites is 2. The number of aromatic nitrogens is 2. The monoisotopic (exact) mass is 569 g/mol. The molecule has 1 aliphatic carbocycles. The molecule has 7 nitrogen and oxygen atoms in total. The highest BCUT2D eigenvalue weighted by Gasteiger charge is 2.24. The predicted octanol–water partition coefficient (Wildman–Crippen LogP) is 6.88. The summed E-state index contributed by atoms with van der Waals surface area (Å²) in [5.41, 5.74) is 1.84. The van der Waals surface area contributed by atoms with E-state index in [9.17, 15) is 8.42 Å². The average molecular weight is 571 g/mol. The highest BCUT2D eigenvalue weighted by Crippen LogP contribution is 2.30. The van der Waals surface area contributed by atoms with Crippen LogP contribution in [-0.2, 0) is 10.0 Å². The molecule has 1 heterocycles. The number of hydrogen-bond donors (Lipinski definition) is 3. The lowest BCUT2D eigenvalue weighted by Gasteiger charge is -2.28. The van der Waals surface area contributed by atoms with E-state index < -0.39 is 10.0 Å². The Balaban J connectivity index is 1.16. The molecule has 1 fully saturated rings. The number of halogens is 2. The number of anilines is 3. The quantitative estimate of drug-likeness (QED) is 0.203. The first-order valence-electron chi connectivity index (χ1n) is 12.6. The molecule has 4 aromatic rings. The highest BCUT2D eigenvalue weighted by molar-refractivity contribution is 7.89. The molecule has 0 radical (unpaired) electrons. The summed E-state index contributed by atoms with van der Waals surface area (Å²) in [6.07, 6.45) is 3.91. The molecule has 3 aromatic carbocycles. The molecular weight excluding hydrogens is 541 g/mol. The Hall–Kier alpha value is -2.91. The fourth-order valence-corrected chi connectivity index (χ4v) is 6.62. The van der Waals surface area contributed by atoms with E-state index in [-0.39, 0.29) is 10.8 Å². The van der Waals surface area contributed by atoms with Gasteiger partial charge in [0.05, 0.1) is 10.4 Å². The van der Waals surface area contributed by atoms with E-state index in [4.69, 9.17) is 33.2 Å². The second-order valence-corrected chi connectivity index (χ2v) is 12.3. The molecule has 0 unspecified atom stereocenters. The topological polar surface area (TPSA) is 96.0 Å². The molecular formula is C28H29Cl2N5O2S. The van der Waals surface area contributed by atoms with Crippen LogP contribution in [0.1, 0.15) is 25.7 Å². The maximum atomic E-state index is 12.7. The molecule has 0 aliphatic heterocycles. The maximum Gasteiger partial charge on any atom is 0.240 e. The van der Waals surface area contributed by atoms with Crippen molar-refractivity contribution >= 4 is 61.6 Å². The summed E-state index contributed by atoms with van der Waals surface area (Å²) in [4.78, 5) is 9.57. The van der Waals surface area contributed by atoms with Gasteiger partial charge in [-0.15, -0.1) is 0 Å². The third-order valence-electron chi connectivity index (χ3n) is 6.86. The van der Waals surface area contributed by atoms with Gasteiger partial charge in [0.1, 0.15) is 5.82 Å². The van der Waals surface area contributed by atoms with Gasteiger partial charge >= 0.3 is 0 Å². The number of fused-ring (bicyclic) bond motifs is 1. The third-order valence-corrected chi connectivity index (χ3v) is 8.70. The van der Waals surface area contributed by atoms with E-state index in [2.05, 4.69) is 15.4 Å². The van der Waals surface area contributed by atoms with Crippen LogP contribution >= 0.6 is 23.2 Å². The van der Waals surface area contributed by atoms with Crippen LogP contribution in [0.5, 0.6) is 0 Å². The van der Waals surface area contributed by atoms with Crippen molar-refractivity contribution in [2.24, 2.45) is 11.8 Å². The molecule has 10 heteroatoms. The Bertz CT molecular complexity index is 1490. The second-order valence-electron chi connectivity index (χ2n) is 9.63. The van der Waals surface area contributed by atoms with E-state index in [1.54, 1.807) is 0 Å². The highest BCUT2D eigenvalue weighted by atomic mass is 35.5. The molecule has 0 atom stereocenters. The van der Waals surface area contributed by atoms with Crippen LogP contribution in [0.3, 0.4) is 0 Å². The predicted molar refractivity (Wildman–Crippen MR) is 155 cm³/mol. The van der Waals surface area contributed by atoms with Gasteiger partial charge in [-0.1, -0.05) is 53.5 Å². The van der Waals surface area contributed by atoms with Crippen molar-refractivity contribution in [2.75, 3.05) is 23.7 Å². The van der Waals surface area contributed by atoms with Gasteiger partial charge in [0.15, 0.2) is 0 Å². The fraction of sp³-hybridized carbons (Fsp3) is 0.286. The van der Waals surface area contributed by atoms with E-state index in [0.717, 1.165) is 54.6 Å². The van der Waals surface area contributed by atoms with Gasteiger partial charge in [-0.05, 0) is 80.0 Å². The van der Waals surface area contributed by atoms with Gasteiger partial charge in [-0.3, -0.25) is 0 Å². The fourth-order valence-electron chi connectivity index (χ4n) is 4.78. The molecule has 0 spiro atoms. The zero-order valence-electron chi connectivity index (χ0n) is 20.7. The van der Waals surface area contributed by atoms with E-state index in [1.807, 2.05) is 54.6 Å². The summed E-state index contributed by atoms with van der Waals surface area (Å²) in [6.45, 7) is 1.16. The molecule has 0 amide bonds. The Kier molecular flexibility index (Phi) is 8.33. The molecule has 0 bridgehead atoms. The Morgan fingerprint density at radius 3 is 2.13 bits per heavy atom. The summed E-state index contributed by atoms with van der Waals surface area (Å²) in [7, 11) is -3.66. The van der Waals surface area contributed by atoms with E-state index >= 15 is 0 Å². The molecule has 0 saturated heterocycles. The second kappa shape index (κ2) is 11.9. The van der Waals surface area contributed by atoms with Crippen LogP contribution in [0.15, 0.2) is 77.7 Å². The van der Waals surface area contributed by atoms with Crippen LogP contribution < -0.4 is 15.4 Å². The van der Waals surface area contributed by atoms with E-state index in [1.165, 1.54) is 18.2 Å². The zero-order chi connectivity index (χ0) is 26.5. The first-order chi connectivity index (χ1) is 18.4. The van der Waals surface area contributed by atoms with Crippen molar-refractivity contribution in [1.82, 2.24) is 14.7 Å². The van der Waals surface area contributed by atoms with Crippen LogP contribution in [0, 0.1) is 11.8 Å². The number of sulfonamides is 1. The van der Waals surface area contributed by atoms with Gasteiger partial charge < -0.3 is 10.6 Å². The van der Waals surface area contributed by atoms with Gasteiger partial charge in [0, 0.05) is 34.2 Å². The number of nitrogens with zero attached hydrogens (tertiary/aromatic N) is 2. The largest absolute Gasteiger partial charge is 0.354 e. The minimum atomic E-state index is -3.66. The van der Waals surface area contributed by atoms with Crippen molar-refractivity contribution in [3.8, 4) is 0 Å². The standard InChI is InChI=1S/C28H29Cl2N5O2S/c29-21-14-22(30)16-24(15-21)38(36,37)32-18-20-12-10-19(11-13-20)17-31-28-34-26-9-5-4-8-25(26)27(35-28)33-23-6-2-1-3-7-23/h1-9,14-16,19-20,32H,10-13,17-18H2,(H2,31,33,34,35)/t19-,20-. The minimum absolute atomic E-state index is 0.0874. The molecule has 1 aromatic heterocycles. The van der Waals surface area contributed by atoms with Crippen molar-refractivity contribution in [3.63, 3.8) is 0 Å². The van der Waals surface area contributed by atoms with Crippen molar-refractivity contribution in [1.29, 1.82) is 0 Å². The number of benzene rings is 3. The molecule has 38 heavy (non-hydrogen) atoms. The van der Waals surface area contributed by atoms with Crippen molar-refractivity contribution < 1.29 is 8.42 Å². The SMILES string of the molecule is O=S(=O)(NC[C@H]1CC[C@H](CNc2nc(Nc3ccccc3)c3ccccc3n2)CC1)c1cc(Cl)cc(Cl)c1. The summed E-state index contributed by atoms with van der Waals surface area (Å²) >= 11 is 11.9. The lowest BCUT2D eigenvalue weighted by molar-refractivity contribution is 0.284. The summed E-state index contributed by atoms with van der Waals surface area (Å²) in [5.74, 6) is 2.11. The maximum absolute atomic E-state index is 12.7. The lowest BCUT2D eigenvalue weighted by Crippen LogP contribution is -2.32. The molecule has 3 N–H and O–H groups in total. The minimum Gasteiger partial charge on any atom is -0.354 e. The normalized spacial score (nSPS) is 17.8. The average Bonchev–Trinajstić information content (AvgIpc) is 2.91. The number of hydrogen-bond acceptors (Lipinski definition) is 6. The van der Waals surface area contributed by atoms with Crippen LogP contribution in [0.2, 0.25) is 10.0 Å². The number of nitrogens with one attached hydrogen (secondary N) is 3.